The Morgan fingerprint density at radius 1 is 1.23 bits per heavy atom. The van der Waals surface area contributed by atoms with Gasteiger partial charge in [-0.25, -0.2) is 8.42 Å². The van der Waals surface area contributed by atoms with Crippen molar-refractivity contribution in [2.75, 3.05) is 44.7 Å². The Labute approximate surface area is 177 Å². The lowest BCUT2D eigenvalue weighted by molar-refractivity contribution is -0.117. The topological polar surface area (TPSA) is 94.7 Å². The first-order chi connectivity index (χ1) is 14.4. The number of sulfonamides is 1. The second-order valence-electron chi connectivity index (χ2n) is 7.80. The molecule has 0 saturated carbocycles. The normalized spacial score (nSPS) is 21.0. The SMILES string of the molecule is Cc1ccc(NC(=O)CN2CCC[C@@H]2c2ccc[nH]2)cc1S(=O)(=O)N1CCOCC1. The fraction of sp³-hybridized carbons (Fsp3) is 0.476. The van der Waals surface area contributed by atoms with Crippen LogP contribution >= 0.6 is 0 Å². The minimum Gasteiger partial charge on any atom is -0.379 e. The minimum atomic E-state index is -3.62. The molecule has 8 nitrogen and oxygen atoms in total. The van der Waals surface area contributed by atoms with Crippen LogP contribution in [-0.2, 0) is 19.6 Å². The highest BCUT2D eigenvalue weighted by Gasteiger charge is 2.29. The number of hydrogen-bond acceptors (Lipinski definition) is 5. The Morgan fingerprint density at radius 3 is 2.77 bits per heavy atom. The number of amides is 1. The summed E-state index contributed by atoms with van der Waals surface area (Å²) in [6.07, 6.45) is 3.96. The monoisotopic (exact) mass is 432 g/mol. The Morgan fingerprint density at radius 2 is 2.03 bits per heavy atom. The third-order valence-electron chi connectivity index (χ3n) is 5.75. The van der Waals surface area contributed by atoms with Crippen molar-refractivity contribution in [3.05, 3.63) is 47.8 Å². The zero-order chi connectivity index (χ0) is 21.1. The summed E-state index contributed by atoms with van der Waals surface area (Å²) in [4.78, 5) is 18.3. The number of H-pyrrole nitrogens is 1. The van der Waals surface area contributed by atoms with E-state index in [1.165, 1.54) is 4.31 Å². The van der Waals surface area contributed by atoms with E-state index in [9.17, 15) is 13.2 Å². The molecule has 2 saturated heterocycles. The van der Waals surface area contributed by atoms with Gasteiger partial charge in [-0.15, -0.1) is 0 Å². The smallest absolute Gasteiger partial charge is 0.243 e. The number of anilines is 1. The van der Waals surface area contributed by atoms with Crippen LogP contribution in [0.4, 0.5) is 5.69 Å². The quantitative estimate of drug-likeness (QED) is 0.729. The molecule has 2 aromatic rings. The standard InChI is InChI=1S/C21H28N4O4S/c1-16-6-7-17(14-20(16)30(27,28)25-10-12-29-13-11-25)23-21(26)15-24-9-3-5-19(24)18-4-2-8-22-18/h2,4,6-8,14,19,22H,3,5,9-13,15H2,1H3,(H,23,26)/t19-/m1/s1. The summed E-state index contributed by atoms with van der Waals surface area (Å²) < 4.78 is 32.8. The van der Waals surface area contributed by atoms with Crippen LogP contribution in [0.25, 0.3) is 0 Å². The summed E-state index contributed by atoms with van der Waals surface area (Å²) in [5, 5.41) is 2.88. The van der Waals surface area contributed by atoms with Crippen LogP contribution in [0, 0.1) is 6.92 Å². The molecule has 0 bridgehead atoms. The molecule has 2 fully saturated rings. The number of aryl methyl sites for hydroxylation is 1. The maximum absolute atomic E-state index is 13.0. The van der Waals surface area contributed by atoms with Gasteiger partial charge in [-0.2, -0.15) is 4.31 Å². The molecule has 1 aromatic carbocycles. The first-order valence-corrected chi connectivity index (χ1v) is 11.7. The lowest BCUT2D eigenvalue weighted by Crippen LogP contribution is -2.40. The Kier molecular flexibility index (Phi) is 6.24. The number of rotatable bonds is 6. The molecule has 9 heteroatoms. The largest absolute Gasteiger partial charge is 0.379 e. The average Bonchev–Trinajstić information content (AvgIpc) is 3.41. The third kappa shape index (κ3) is 4.44. The highest BCUT2D eigenvalue weighted by molar-refractivity contribution is 7.89. The molecule has 0 spiro atoms. The molecule has 162 valence electrons. The molecular weight excluding hydrogens is 404 g/mol. The van der Waals surface area contributed by atoms with E-state index in [0.29, 0.717) is 37.6 Å². The van der Waals surface area contributed by atoms with Crippen LogP contribution in [0.2, 0.25) is 0 Å². The van der Waals surface area contributed by atoms with Gasteiger partial charge >= 0.3 is 0 Å². The number of aromatic nitrogens is 1. The highest BCUT2D eigenvalue weighted by atomic mass is 32.2. The number of aromatic amines is 1. The molecule has 0 radical (unpaired) electrons. The summed E-state index contributed by atoms with van der Waals surface area (Å²) in [5.41, 5.74) is 2.27. The third-order valence-corrected chi connectivity index (χ3v) is 7.79. The number of nitrogens with one attached hydrogen (secondary N) is 2. The lowest BCUT2D eigenvalue weighted by Gasteiger charge is -2.27. The Hall–Kier alpha value is -2.20. The first kappa shape index (κ1) is 21.0. The van der Waals surface area contributed by atoms with E-state index in [2.05, 4.69) is 15.2 Å². The van der Waals surface area contributed by atoms with Gasteiger partial charge in [0.1, 0.15) is 0 Å². The van der Waals surface area contributed by atoms with Crippen molar-refractivity contribution in [2.45, 2.75) is 30.7 Å². The zero-order valence-electron chi connectivity index (χ0n) is 17.1. The van der Waals surface area contributed by atoms with Gasteiger partial charge in [0.15, 0.2) is 0 Å². The minimum absolute atomic E-state index is 0.146. The molecule has 1 aromatic heterocycles. The summed E-state index contributed by atoms with van der Waals surface area (Å²) >= 11 is 0. The zero-order valence-corrected chi connectivity index (χ0v) is 18.0. The second-order valence-corrected chi connectivity index (χ2v) is 9.71. The van der Waals surface area contributed by atoms with Crippen molar-refractivity contribution < 1.29 is 17.9 Å². The summed E-state index contributed by atoms with van der Waals surface area (Å²) in [6, 6.07) is 9.27. The van der Waals surface area contributed by atoms with Crippen molar-refractivity contribution >= 4 is 21.6 Å². The van der Waals surface area contributed by atoms with Crippen LogP contribution in [0.1, 0.15) is 30.1 Å². The van der Waals surface area contributed by atoms with Gasteiger partial charge in [0, 0.05) is 30.7 Å². The number of hydrogen-bond donors (Lipinski definition) is 2. The molecule has 2 N–H and O–H groups in total. The van der Waals surface area contributed by atoms with E-state index in [1.54, 1.807) is 25.1 Å². The number of likely N-dealkylation sites (tertiary alicyclic amines) is 1. The first-order valence-electron chi connectivity index (χ1n) is 10.3. The van der Waals surface area contributed by atoms with Gasteiger partial charge in [0.25, 0.3) is 0 Å². The van der Waals surface area contributed by atoms with Crippen molar-refractivity contribution in [2.24, 2.45) is 0 Å². The molecule has 0 unspecified atom stereocenters. The highest BCUT2D eigenvalue weighted by Crippen LogP contribution is 2.30. The van der Waals surface area contributed by atoms with Crippen LogP contribution < -0.4 is 5.32 Å². The van der Waals surface area contributed by atoms with Crippen LogP contribution in [0.5, 0.6) is 0 Å². The average molecular weight is 433 g/mol. The molecular formula is C21H28N4O4S. The molecule has 2 aliphatic rings. The summed E-state index contributed by atoms with van der Waals surface area (Å²) in [7, 11) is -3.62. The van der Waals surface area contributed by atoms with E-state index >= 15 is 0 Å². The van der Waals surface area contributed by atoms with Gasteiger partial charge < -0.3 is 15.0 Å². The maximum Gasteiger partial charge on any atom is 0.243 e. The van der Waals surface area contributed by atoms with Gasteiger partial charge in [0.05, 0.1) is 30.7 Å². The fourth-order valence-electron chi connectivity index (χ4n) is 4.19. The van der Waals surface area contributed by atoms with Crippen molar-refractivity contribution in [1.29, 1.82) is 0 Å². The Bertz CT molecular complexity index is 984. The summed E-state index contributed by atoms with van der Waals surface area (Å²) in [5.74, 6) is -0.146. The number of nitrogens with zero attached hydrogens (tertiary/aromatic N) is 2. The molecule has 0 aliphatic carbocycles. The van der Waals surface area contributed by atoms with E-state index < -0.39 is 10.0 Å². The van der Waals surface area contributed by atoms with Gasteiger partial charge in [-0.3, -0.25) is 9.69 Å². The predicted octanol–water partition coefficient (Wildman–Crippen LogP) is 2.12. The van der Waals surface area contributed by atoms with Crippen molar-refractivity contribution in [1.82, 2.24) is 14.2 Å². The second kappa shape index (κ2) is 8.89. The Balaban J connectivity index is 1.46. The predicted molar refractivity (Wildman–Crippen MR) is 114 cm³/mol. The van der Waals surface area contributed by atoms with Gasteiger partial charge in [-0.05, 0) is 56.1 Å². The summed E-state index contributed by atoms with van der Waals surface area (Å²) in [6.45, 7) is 4.37. The number of carbonyl (C=O) groups is 1. The van der Waals surface area contributed by atoms with Crippen molar-refractivity contribution in [3.8, 4) is 0 Å². The number of ether oxygens (including phenoxy) is 1. The number of benzene rings is 1. The van der Waals surface area contributed by atoms with Crippen molar-refractivity contribution in [3.63, 3.8) is 0 Å². The lowest BCUT2D eigenvalue weighted by atomic mass is 10.1. The number of carbonyl (C=O) groups excluding carboxylic acids is 1. The molecule has 3 heterocycles. The van der Waals surface area contributed by atoms with E-state index in [4.69, 9.17) is 4.74 Å². The van der Waals surface area contributed by atoms with Gasteiger partial charge in [-0.1, -0.05) is 6.07 Å². The van der Waals surface area contributed by atoms with E-state index in [0.717, 1.165) is 25.1 Å². The maximum atomic E-state index is 13.0. The molecule has 1 amide bonds. The molecule has 30 heavy (non-hydrogen) atoms. The molecule has 1 atom stereocenters. The van der Waals surface area contributed by atoms with E-state index in [-0.39, 0.29) is 23.4 Å². The molecule has 4 rings (SSSR count). The van der Waals surface area contributed by atoms with Gasteiger partial charge in [0.2, 0.25) is 15.9 Å². The number of morpholine rings is 1. The molecule has 2 aliphatic heterocycles. The fourth-order valence-corrected chi connectivity index (χ4v) is 5.84. The van der Waals surface area contributed by atoms with Crippen LogP contribution in [0.3, 0.4) is 0 Å². The van der Waals surface area contributed by atoms with Crippen LogP contribution in [0.15, 0.2) is 41.4 Å². The van der Waals surface area contributed by atoms with Crippen LogP contribution in [-0.4, -0.2) is 67.9 Å². The van der Waals surface area contributed by atoms with E-state index in [1.807, 2.05) is 18.3 Å².